The molecule has 43 heavy (non-hydrogen) atoms. The summed E-state index contributed by atoms with van der Waals surface area (Å²) < 4.78 is 2.21. The number of aromatic amines is 1. The van der Waals surface area contributed by atoms with E-state index in [0.717, 1.165) is 38.9 Å². The van der Waals surface area contributed by atoms with Gasteiger partial charge < -0.3 is 0 Å². The first-order valence-electron chi connectivity index (χ1n) is 14.5. The number of hydrogen-bond donors (Lipinski definition) is 1. The molecule has 0 saturated carbocycles. The van der Waals surface area contributed by atoms with E-state index in [4.69, 9.17) is 9.97 Å². The molecule has 0 amide bonds. The predicted molar refractivity (Wildman–Crippen MR) is 175 cm³/mol. The number of nitrogens with zero attached hydrogens (tertiary/aromatic N) is 4. The fraction of sp³-hybridized carbons (Fsp3) is 0.0789. The van der Waals surface area contributed by atoms with Crippen LogP contribution >= 0.6 is 0 Å². The zero-order chi connectivity index (χ0) is 29.0. The number of H-pyrrole nitrogens is 1. The van der Waals surface area contributed by atoms with E-state index < -0.39 is 0 Å². The van der Waals surface area contributed by atoms with Crippen molar-refractivity contribution < 1.29 is 0 Å². The van der Waals surface area contributed by atoms with Crippen LogP contribution in [0, 0.1) is 0 Å². The van der Waals surface area contributed by atoms with Crippen LogP contribution in [0.5, 0.6) is 0 Å². The molecule has 0 spiro atoms. The van der Waals surface area contributed by atoms with Gasteiger partial charge in [0.2, 0.25) is 0 Å². The van der Waals surface area contributed by atoms with Gasteiger partial charge in [-0.3, -0.25) is 9.67 Å². The normalized spacial score (nSPS) is 13.1. The molecular formula is C38H29N5. The molecule has 5 heteroatoms. The summed E-state index contributed by atoms with van der Waals surface area (Å²) >= 11 is 0. The number of fused-ring (bicyclic) bond motifs is 6. The van der Waals surface area contributed by atoms with E-state index >= 15 is 0 Å². The Labute approximate surface area is 249 Å². The summed E-state index contributed by atoms with van der Waals surface area (Å²) in [7, 11) is 0. The van der Waals surface area contributed by atoms with Crippen LogP contribution in [-0.4, -0.2) is 24.7 Å². The summed E-state index contributed by atoms with van der Waals surface area (Å²) in [6.45, 7) is 4.61. The van der Waals surface area contributed by atoms with Crippen molar-refractivity contribution in [3.63, 3.8) is 0 Å². The maximum absolute atomic E-state index is 4.87. The molecule has 0 aliphatic heterocycles. The van der Waals surface area contributed by atoms with E-state index in [1.54, 1.807) is 0 Å². The summed E-state index contributed by atoms with van der Waals surface area (Å²) in [6.07, 6.45) is 5.59. The average molecular weight is 556 g/mol. The molecule has 1 N–H and O–H groups in total. The lowest BCUT2D eigenvalue weighted by molar-refractivity contribution is 0.660. The van der Waals surface area contributed by atoms with Gasteiger partial charge in [-0.05, 0) is 82.4 Å². The second-order valence-electron chi connectivity index (χ2n) is 11.5. The molecule has 0 radical (unpaired) electrons. The summed E-state index contributed by atoms with van der Waals surface area (Å²) in [5.41, 5.74) is 11.5. The van der Waals surface area contributed by atoms with Gasteiger partial charge >= 0.3 is 0 Å². The van der Waals surface area contributed by atoms with Crippen LogP contribution in [0.2, 0.25) is 0 Å². The van der Waals surface area contributed by atoms with Gasteiger partial charge in [0.25, 0.3) is 0 Å². The average Bonchev–Trinajstić information content (AvgIpc) is 3.54. The highest BCUT2D eigenvalue weighted by Crippen LogP contribution is 2.49. The van der Waals surface area contributed by atoms with E-state index in [2.05, 4.69) is 132 Å². The molecule has 4 aromatic carbocycles. The molecular weight excluding hydrogens is 526 g/mol. The third kappa shape index (κ3) is 4.04. The van der Waals surface area contributed by atoms with Crippen molar-refractivity contribution in [3.05, 3.63) is 145 Å². The van der Waals surface area contributed by atoms with Crippen LogP contribution in [0.1, 0.15) is 25.0 Å². The number of para-hydroxylation sites is 1. The molecule has 7 aromatic rings. The first-order chi connectivity index (χ1) is 21.1. The Morgan fingerprint density at radius 2 is 1.40 bits per heavy atom. The predicted octanol–water partition coefficient (Wildman–Crippen LogP) is 9.06. The fourth-order valence-electron chi connectivity index (χ4n) is 6.52. The topological polar surface area (TPSA) is 59.4 Å². The monoisotopic (exact) mass is 555 g/mol. The molecule has 0 bridgehead atoms. The van der Waals surface area contributed by atoms with Gasteiger partial charge in [-0.1, -0.05) is 74.5 Å². The first-order valence-corrected chi connectivity index (χ1v) is 14.5. The van der Waals surface area contributed by atoms with Gasteiger partial charge in [0.15, 0.2) is 5.82 Å². The number of nitrogens with one attached hydrogen (secondary N) is 1. The van der Waals surface area contributed by atoms with Crippen molar-refractivity contribution in [1.29, 1.82) is 0 Å². The molecule has 1 aliphatic rings. The Kier molecular flexibility index (Phi) is 5.73. The van der Waals surface area contributed by atoms with Crippen LogP contribution in [0.4, 0.5) is 0 Å². The number of benzene rings is 4. The van der Waals surface area contributed by atoms with Gasteiger partial charge in [0.1, 0.15) is 5.65 Å². The third-order valence-electron chi connectivity index (χ3n) is 8.68. The van der Waals surface area contributed by atoms with Crippen molar-refractivity contribution in [3.8, 4) is 39.3 Å². The van der Waals surface area contributed by atoms with Crippen LogP contribution < -0.4 is 0 Å². The lowest BCUT2D eigenvalue weighted by Crippen LogP contribution is -2.14. The fourth-order valence-corrected chi connectivity index (χ4v) is 6.52. The molecule has 1 aliphatic carbocycles. The number of aromatic nitrogens is 5. The standard InChI is InChI=1S/C38H29N5/c1-38(2)33-13-5-3-10-29(33)32-23-26(17-20-34(32)38)27-9-7-22-41-42-36(40-24-27)25-15-18-28(19-16-25)43-35-14-6-4-11-30(35)31-12-8-21-39-37(31)43/h3-24,41H,1-2H3. The Bertz CT molecular complexity index is 2160. The summed E-state index contributed by atoms with van der Waals surface area (Å²) in [4.78, 5) is 9.58. The molecule has 3 heterocycles. The Morgan fingerprint density at radius 3 is 2.30 bits per heavy atom. The Morgan fingerprint density at radius 1 is 0.628 bits per heavy atom. The largest absolute Gasteiger partial charge is 0.294 e. The van der Waals surface area contributed by atoms with E-state index in [0.29, 0.717) is 5.82 Å². The summed E-state index contributed by atoms with van der Waals surface area (Å²) in [6, 6.07) is 40.4. The number of pyridine rings is 1. The van der Waals surface area contributed by atoms with E-state index in [9.17, 15) is 0 Å². The third-order valence-corrected chi connectivity index (χ3v) is 8.68. The van der Waals surface area contributed by atoms with Crippen LogP contribution in [0.3, 0.4) is 0 Å². The van der Waals surface area contributed by atoms with E-state index in [1.807, 2.05) is 30.7 Å². The van der Waals surface area contributed by atoms with Gasteiger partial charge in [0, 0.05) is 51.6 Å². The highest BCUT2D eigenvalue weighted by Gasteiger charge is 2.35. The van der Waals surface area contributed by atoms with Crippen molar-refractivity contribution in [2.75, 3.05) is 0 Å². The lowest BCUT2D eigenvalue weighted by Gasteiger charge is -2.21. The van der Waals surface area contributed by atoms with Crippen molar-refractivity contribution >= 4 is 21.9 Å². The van der Waals surface area contributed by atoms with Crippen molar-refractivity contribution in [2.24, 2.45) is 0 Å². The molecule has 0 fully saturated rings. The van der Waals surface area contributed by atoms with Crippen LogP contribution in [0.25, 0.3) is 61.3 Å². The molecule has 0 unspecified atom stereocenters. The molecule has 0 atom stereocenters. The zero-order valence-corrected chi connectivity index (χ0v) is 24.0. The second-order valence-corrected chi connectivity index (χ2v) is 11.5. The molecule has 5 nitrogen and oxygen atoms in total. The Hall–Kier alpha value is -5.55. The number of hydrogen-bond acceptors (Lipinski definition) is 3. The molecule has 8 rings (SSSR count). The minimum absolute atomic E-state index is 0.0174. The highest BCUT2D eigenvalue weighted by molar-refractivity contribution is 6.07. The van der Waals surface area contributed by atoms with Crippen molar-refractivity contribution in [1.82, 2.24) is 24.7 Å². The van der Waals surface area contributed by atoms with Gasteiger partial charge in [-0.25, -0.2) is 9.97 Å². The smallest absolute Gasteiger partial charge is 0.179 e. The Balaban J connectivity index is 1.19. The maximum Gasteiger partial charge on any atom is 0.179 e. The number of rotatable bonds is 3. The van der Waals surface area contributed by atoms with E-state index in [-0.39, 0.29) is 5.41 Å². The second kappa shape index (κ2) is 9.78. The SMILES string of the molecule is CC1(C)c2ccccc2-c2cc(-c3ccc[nH]nc(-c4ccc(-n5c6ccccc6c6cccnc65)cc4)nc3)ccc21. The summed E-state index contributed by atoms with van der Waals surface area (Å²) in [5, 5.41) is 9.94. The first kappa shape index (κ1) is 25.2. The molecule has 3 aromatic heterocycles. The quantitative estimate of drug-likeness (QED) is 0.237. The van der Waals surface area contributed by atoms with Gasteiger partial charge in [-0.2, -0.15) is 5.10 Å². The van der Waals surface area contributed by atoms with Crippen LogP contribution in [0.15, 0.2) is 134 Å². The zero-order valence-electron chi connectivity index (χ0n) is 24.0. The summed E-state index contributed by atoms with van der Waals surface area (Å²) in [5.74, 6) is 0.608. The van der Waals surface area contributed by atoms with Gasteiger partial charge in [-0.15, -0.1) is 0 Å². The minimum atomic E-state index is -0.0174. The molecule has 206 valence electrons. The van der Waals surface area contributed by atoms with E-state index in [1.165, 1.54) is 27.6 Å². The van der Waals surface area contributed by atoms with Crippen LogP contribution in [-0.2, 0) is 5.41 Å². The lowest BCUT2D eigenvalue weighted by atomic mass is 9.82. The van der Waals surface area contributed by atoms with Crippen molar-refractivity contribution in [2.45, 2.75) is 19.3 Å². The minimum Gasteiger partial charge on any atom is -0.294 e. The highest BCUT2D eigenvalue weighted by atomic mass is 15.1. The molecule has 0 saturated heterocycles. The maximum atomic E-state index is 4.87. The van der Waals surface area contributed by atoms with Gasteiger partial charge in [0.05, 0.1) is 5.52 Å².